The summed E-state index contributed by atoms with van der Waals surface area (Å²) in [6.45, 7) is 4.17. The van der Waals surface area contributed by atoms with Crippen molar-refractivity contribution in [2.24, 2.45) is 0 Å². The lowest BCUT2D eigenvalue weighted by molar-refractivity contribution is -0.123. The van der Waals surface area contributed by atoms with Gasteiger partial charge in [0.15, 0.2) is 6.61 Å². The lowest BCUT2D eigenvalue weighted by Crippen LogP contribution is -2.32. The summed E-state index contributed by atoms with van der Waals surface area (Å²) in [7, 11) is 0. The van der Waals surface area contributed by atoms with E-state index in [1.54, 1.807) is 0 Å². The topological polar surface area (TPSA) is 38.3 Å². The molecular weight excluding hydrogens is 362 g/mol. The third kappa shape index (κ3) is 5.21. The minimum absolute atomic E-state index is 0.0190. The Morgan fingerprint density at radius 3 is 2.38 bits per heavy atom. The summed E-state index contributed by atoms with van der Waals surface area (Å²) in [6, 6.07) is 16.4. The van der Waals surface area contributed by atoms with Crippen molar-refractivity contribution in [2.75, 3.05) is 18.1 Å². The second kappa shape index (κ2) is 9.38. The minimum atomic E-state index is -0.0941. The number of carbonyl (C=O) groups is 1. The van der Waals surface area contributed by atoms with Crippen LogP contribution in [0.1, 0.15) is 40.7 Å². The smallest absolute Gasteiger partial charge is 0.258 e. The molecule has 2 aromatic rings. The highest BCUT2D eigenvalue weighted by molar-refractivity contribution is 8.19. The molecule has 26 heavy (non-hydrogen) atoms. The van der Waals surface area contributed by atoms with Gasteiger partial charge < -0.3 is 10.1 Å². The van der Waals surface area contributed by atoms with Gasteiger partial charge in [0.25, 0.3) is 5.91 Å². The fourth-order valence-corrected chi connectivity index (χ4v) is 5.74. The van der Waals surface area contributed by atoms with E-state index in [1.165, 1.54) is 22.6 Å². The van der Waals surface area contributed by atoms with Crippen molar-refractivity contribution in [1.82, 2.24) is 5.32 Å². The number of rotatable bonds is 7. The number of benzene rings is 2. The van der Waals surface area contributed by atoms with Crippen LogP contribution >= 0.6 is 23.5 Å². The highest BCUT2D eigenvalue weighted by atomic mass is 32.2. The van der Waals surface area contributed by atoms with E-state index in [0.29, 0.717) is 4.58 Å². The van der Waals surface area contributed by atoms with Crippen LogP contribution in [0.25, 0.3) is 0 Å². The molecule has 0 aliphatic carbocycles. The second-order valence-corrected chi connectivity index (χ2v) is 9.09. The number of hydrogen-bond acceptors (Lipinski definition) is 4. The zero-order chi connectivity index (χ0) is 18.4. The zero-order valence-electron chi connectivity index (χ0n) is 15.2. The standard InChI is InChI=1S/C21H25NO2S2/c1-3-19(16-6-4-15(2)5-7-16)22-20(23)14-24-18-10-8-17(9-11-18)21-25-12-13-26-21/h4-11,19,21H,3,12-14H2,1-2H3,(H,22,23)/t19-/m1/s1. The van der Waals surface area contributed by atoms with E-state index < -0.39 is 0 Å². The summed E-state index contributed by atoms with van der Waals surface area (Å²) in [5.74, 6) is 3.07. The number of amides is 1. The van der Waals surface area contributed by atoms with Crippen LogP contribution in [0.15, 0.2) is 48.5 Å². The lowest BCUT2D eigenvalue weighted by atomic mass is 10.0. The van der Waals surface area contributed by atoms with Crippen LogP contribution in [0.4, 0.5) is 0 Å². The van der Waals surface area contributed by atoms with Crippen molar-refractivity contribution < 1.29 is 9.53 Å². The van der Waals surface area contributed by atoms with Crippen molar-refractivity contribution in [1.29, 1.82) is 0 Å². The van der Waals surface area contributed by atoms with E-state index in [-0.39, 0.29) is 18.6 Å². The Balaban J connectivity index is 1.50. The Kier molecular flexibility index (Phi) is 6.92. The molecule has 3 rings (SSSR count). The molecule has 1 amide bonds. The summed E-state index contributed by atoms with van der Waals surface area (Å²) in [5.41, 5.74) is 3.66. The third-order valence-corrected chi connectivity index (χ3v) is 7.47. The molecule has 138 valence electrons. The molecule has 0 bridgehead atoms. The molecule has 3 nitrogen and oxygen atoms in total. The van der Waals surface area contributed by atoms with Gasteiger partial charge >= 0.3 is 0 Å². The van der Waals surface area contributed by atoms with Crippen molar-refractivity contribution in [3.05, 3.63) is 65.2 Å². The maximum absolute atomic E-state index is 12.3. The van der Waals surface area contributed by atoms with Gasteiger partial charge in [-0.2, -0.15) is 0 Å². The molecule has 1 fully saturated rings. The lowest BCUT2D eigenvalue weighted by Gasteiger charge is -2.18. The van der Waals surface area contributed by atoms with Gasteiger partial charge in [0.2, 0.25) is 0 Å². The first-order valence-electron chi connectivity index (χ1n) is 8.97. The Morgan fingerprint density at radius 2 is 1.77 bits per heavy atom. The van der Waals surface area contributed by atoms with Gasteiger partial charge in [0, 0.05) is 11.5 Å². The van der Waals surface area contributed by atoms with Crippen LogP contribution in [0.5, 0.6) is 5.75 Å². The number of ether oxygens (including phenoxy) is 1. The monoisotopic (exact) mass is 387 g/mol. The SMILES string of the molecule is CC[C@@H](NC(=O)COc1ccc(C2SCCS2)cc1)c1ccc(C)cc1. The average Bonchev–Trinajstić information content (AvgIpc) is 3.20. The first-order valence-corrected chi connectivity index (χ1v) is 11.1. The number of nitrogens with one attached hydrogen (secondary N) is 1. The molecule has 1 heterocycles. The number of carbonyl (C=O) groups excluding carboxylic acids is 1. The first-order chi connectivity index (χ1) is 12.7. The minimum Gasteiger partial charge on any atom is -0.484 e. The Morgan fingerprint density at radius 1 is 1.12 bits per heavy atom. The molecule has 0 unspecified atom stereocenters. The molecule has 1 aliphatic heterocycles. The average molecular weight is 388 g/mol. The summed E-state index contributed by atoms with van der Waals surface area (Å²) < 4.78 is 6.19. The molecule has 0 spiro atoms. The molecule has 0 radical (unpaired) electrons. The van der Waals surface area contributed by atoms with E-state index in [1.807, 2.05) is 35.7 Å². The largest absolute Gasteiger partial charge is 0.484 e. The van der Waals surface area contributed by atoms with Gasteiger partial charge in [0.05, 0.1) is 10.6 Å². The van der Waals surface area contributed by atoms with Gasteiger partial charge in [-0.3, -0.25) is 4.79 Å². The quantitative estimate of drug-likeness (QED) is 0.716. The molecule has 1 saturated heterocycles. The van der Waals surface area contributed by atoms with Crippen LogP contribution in [0, 0.1) is 6.92 Å². The summed E-state index contributed by atoms with van der Waals surface area (Å²) >= 11 is 3.97. The Bertz CT molecular complexity index is 710. The number of hydrogen-bond donors (Lipinski definition) is 1. The van der Waals surface area contributed by atoms with Crippen LogP contribution in [0.2, 0.25) is 0 Å². The van der Waals surface area contributed by atoms with Gasteiger partial charge in [-0.05, 0) is 36.6 Å². The van der Waals surface area contributed by atoms with Gasteiger partial charge in [-0.25, -0.2) is 0 Å². The maximum atomic E-state index is 12.3. The summed E-state index contributed by atoms with van der Waals surface area (Å²) in [6.07, 6.45) is 0.847. The molecule has 5 heteroatoms. The van der Waals surface area contributed by atoms with E-state index in [4.69, 9.17) is 4.74 Å². The van der Waals surface area contributed by atoms with E-state index in [2.05, 4.69) is 55.6 Å². The highest BCUT2D eigenvalue weighted by Gasteiger charge is 2.18. The third-order valence-electron chi connectivity index (χ3n) is 4.37. The van der Waals surface area contributed by atoms with Crippen molar-refractivity contribution in [3.63, 3.8) is 0 Å². The van der Waals surface area contributed by atoms with Crippen LogP contribution < -0.4 is 10.1 Å². The van der Waals surface area contributed by atoms with E-state index >= 15 is 0 Å². The first kappa shape index (κ1) is 19.2. The van der Waals surface area contributed by atoms with Crippen molar-refractivity contribution in [3.8, 4) is 5.75 Å². The predicted molar refractivity (Wildman–Crippen MR) is 112 cm³/mol. The Hall–Kier alpha value is -1.59. The fourth-order valence-electron chi connectivity index (χ4n) is 2.88. The van der Waals surface area contributed by atoms with Crippen molar-refractivity contribution in [2.45, 2.75) is 30.9 Å². The fraction of sp³-hybridized carbons (Fsp3) is 0.381. The second-order valence-electron chi connectivity index (χ2n) is 6.37. The molecule has 1 aliphatic rings. The molecular formula is C21H25NO2S2. The molecule has 1 N–H and O–H groups in total. The summed E-state index contributed by atoms with van der Waals surface area (Å²) in [4.78, 5) is 12.3. The predicted octanol–water partition coefficient (Wildman–Crippen LogP) is 5.12. The van der Waals surface area contributed by atoms with Gasteiger partial charge in [-0.1, -0.05) is 48.9 Å². The Labute approximate surface area is 164 Å². The molecule has 1 atom stereocenters. The molecule has 0 aromatic heterocycles. The number of thioether (sulfide) groups is 2. The van der Waals surface area contributed by atoms with Gasteiger partial charge in [-0.15, -0.1) is 23.5 Å². The van der Waals surface area contributed by atoms with Crippen LogP contribution in [0.3, 0.4) is 0 Å². The van der Waals surface area contributed by atoms with E-state index in [0.717, 1.165) is 17.7 Å². The normalized spacial score (nSPS) is 15.6. The van der Waals surface area contributed by atoms with Crippen LogP contribution in [-0.2, 0) is 4.79 Å². The summed E-state index contributed by atoms with van der Waals surface area (Å²) in [5, 5.41) is 3.06. The van der Waals surface area contributed by atoms with Crippen molar-refractivity contribution >= 4 is 29.4 Å². The van der Waals surface area contributed by atoms with Crippen LogP contribution in [-0.4, -0.2) is 24.0 Å². The molecule has 0 saturated carbocycles. The molecule has 2 aromatic carbocycles. The maximum Gasteiger partial charge on any atom is 0.258 e. The van der Waals surface area contributed by atoms with Gasteiger partial charge in [0.1, 0.15) is 5.75 Å². The van der Waals surface area contributed by atoms with E-state index in [9.17, 15) is 4.79 Å². The highest BCUT2D eigenvalue weighted by Crippen LogP contribution is 2.45. The zero-order valence-corrected chi connectivity index (χ0v) is 16.9. The number of aryl methyl sites for hydroxylation is 1.